The van der Waals surface area contributed by atoms with Gasteiger partial charge in [-0.2, -0.15) is 10.5 Å². The van der Waals surface area contributed by atoms with E-state index in [1.54, 1.807) is 31.4 Å². The Morgan fingerprint density at radius 2 is 1.86 bits per heavy atom. The highest BCUT2D eigenvalue weighted by molar-refractivity contribution is 8.03. The molecule has 2 aliphatic rings. The van der Waals surface area contributed by atoms with Crippen LogP contribution in [-0.4, -0.2) is 18.8 Å². The summed E-state index contributed by atoms with van der Waals surface area (Å²) in [5.41, 5.74) is 7.13. The summed E-state index contributed by atoms with van der Waals surface area (Å²) in [5, 5.41) is 25.9. The van der Waals surface area contributed by atoms with Crippen molar-refractivity contribution in [2.24, 2.45) is 11.1 Å². The van der Waals surface area contributed by atoms with E-state index >= 15 is 0 Å². The number of nitriles is 2. The molecule has 1 fully saturated rings. The molecule has 1 spiro atoms. The summed E-state index contributed by atoms with van der Waals surface area (Å²) in [5.74, 6) is 0.913. The average Bonchev–Trinajstić information content (AvgIpc) is 2.73. The largest absolute Gasteiger partial charge is 0.497 e. The third-order valence-electron chi connectivity index (χ3n) is 5.35. The number of ether oxygens (including phenoxy) is 1. The van der Waals surface area contributed by atoms with Crippen LogP contribution in [0.2, 0.25) is 0 Å². The molecule has 1 aromatic rings. The minimum Gasteiger partial charge on any atom is -0.497 e. The van der Waals surface area contributed by atoms with Gasteiger partial charge in [0.15, 0.2) is 0 Å². The van der Waals surface area contributed by atoms with E-state index in [2.05, 4.69) is 22.8 Å². The fourth-order valence-corrected chi connectivity index (χ4v) is 4.86. The molecule has 0 aromatic heterocycles. The summed E-state index contributed by atoms with van der Waals surface area (Å²) in [7, 11) is 1.58. The smallest absolute Gasteiger partial charge is 0.234 e. The van der Waals surface area contributed by atoms with Gasteiger partial charge >= 0.3 is 0 Å². The quantitative estimate of drug-likeness (QED) is 0.681. The number of benzene rings is 1. The highest BCUT2D eigenvalue weighted by atomic mass is 32.2. The van der Waals surface area contributed by atoms with Gasteiger partial charge in [-0.15, -0.1) is 0 Å². The predicted octanol–water partition coefficient (Wildman–Crippen LogP) is 3.35. The van der Waals surface area contributed by atoms with Gasteiger partial charge in [-0.05, 0) is 37.1 Å². The standard InChI is InChI=1S/C21H23N5O2S/c1-28-15-7-5-14(6-8-15)25-18(27)13-29-20-17(12-23)21(9-3-2-4-10-21)16(11-22)19(24)26-20/h5-8,26H,2-4,9-10,13,24H2,1H3,(H,25,27). The Balaban J connectivity index is 1.75. The van der Waals surface area contributed by atoms with Crippen LogP contribution in [0.25, 0.3) is 0 Å². The molecule has 1 saturated carbocycles. The highest BCUT2D eigenvalue weighted by Crippen LogP contribution is 2.51. The lowest BCUT2D eigenvalue weighted by atomic mass is 9.64. The van der Waals surface area contributed by atoms with E-state index in [0.717, 1.165) is 32.1 Å². The van der Waals surface area contributed by atoms with Crippen LogP contribution in [-0.2, 0) is 4.79 Å². The lowest BCUT2D eigenvalue weighted by molar-refractivity contribution is -0.113. The monoisotopic (exact) mass is 409 g/mol. The Kier molecular flexibility index (Phi) is 6.36. The second kappa shape index (κ2) is 8.93. The Morgan fingerprint density at radius 3 is 2.45 bits per heavy atom. The summed E-state index contributed by atoms with van der Waals surface area (Å²) < 4.78 is 5.11. The van der Waals surface area contributed by atoms with Crippen molar-refractivity contribution >= 4 is 23.4 Å². The van der Waals surface area contributed by atoms with Crippen LogP contribution >= 0.6 is 11.8 Å². The maximum Gasteiger partial charge on any atom is 0.234 e. The van der Waals surface area contributed by atoms with Crippen molar-refractivity contribution in [1.82, 2.24) is 5.32 Å². The molecular weight excluding hydrogens is 386 g/mol. The Hall–Kier alpha value is -3.10. The average molecular weight is 410 g/mol. The van der Waals surface area contributed by atoms with Crippen LogP contribution in [0.15, 0.2) is 46.3 Å². The number of nitrogens with one attached hydrogen (secondary N) is 2. The molecule has 1 aliphatic heterocycles. The van der Waals surface area contributed by atoms with Gasteiger partial charge in [-0.1, -0.05) is 31.0 Å². The van der Waals surface area contributed by atoms with Crippen molar-refractivity contribution < 1.29 is 9.53 Å². The number of methoxy groups -OCH3 is 1. The lowest BCUT2D eigenvalue weighted by Crippen LogP contribution is -2.39. The SMILES string of the molecule is COc1ccc(NC(=O)CSC2=C(C#N)C3(CCCCC3)C(C#N)=C(N)N2)cc1. The zero-order chi connectivity index (χ0) is 20.9. The van der Waals surface area contributed by atoms with Crippen LogP contribution in [0.5, 0.6) is 5.75 Å². The molecule has 0 unspecified atom stereocenters. The fraction of sp³-hybridized carbons (Fsp3) is 0.381. The van der Waals surface area contributed by atoms with E-state index in [-0.39, 0.29) is 17.5 Å². The Labute approximate surface area is 174 Å². The van der Waals surface area contributed by atoms with Crippen molar-refractivity contribution in [2.45, 2.75) is 32.1 Å². The first-order valence-electron chi connectivity index (χ1n) is 9.43. The molecule has 0 saturated heterocycles. The first-order valence-corrected chi connectivity index (χ1v) is 10.4. The van der Waals surface area contributed by atoms with Crippen molar-refractivity contribution in [3.05, 3.63) is 46.3 Å². The number of rotatable bonds is 5. The molecule has 0 bridgehead atoms. The van der Waals surface area contributed by atoms with E-state index in [1.807, 2.05) is 0 Å². The molecule has 3 rings (SSSR count). The Morgan fingerprint density at radius 1 is 1.21 bits per heavy atom. The zero-order valence-corrected chi connectivity index (χ0v) is 17.1. The van der Waals surface area contributed by atoms with Crippen LogP contribution in [0.4, 0.5) is 5.69 Å². The summed E-state index contributed by atoms with van der Waals surface area (Å²) in [4.78, 5) is 12.4. The minimum absolute atomic E-state index is 0.116. The highest BCUT2D eigenvalue weighted by Gasteiger charge is 2.45. The molecule has 150 valence electrons. The predicted molar refractivity (Wildman–Crippen MR) is 112 cm³/mol. The second-order valence-corrected chi connectivity index (χ2v) is 8.04. The molecular formula is C21H23N5O2S. The van der Waals surface area contributed by atoms with Crippen LogP contribution in [0, 0.1) is 28.1 Å². The third kappa shape index (κ3) is 4.18. The number of allylic oxidation sites excluding steroid dienone is 2. The summed E-state index contributed by atoms with van der Waals surface area (Å²) in [6.45, 7) is 0. The van der Waals surface area contributed by atoms with Crippen molar-refractivity contribution in [1.29, 1.82) is 10.5 Å². The number of carbonyl (C=O) groups is 1. The molecule has 4 N–H and O–H groups in total. The van der Waals surface area contributed by atoms with Gasteiger partial charge in [0.05, 0.1) is 41.2 Å². The van der Waals surface area contributed by atoms with E-state index in [0.29, 0.717) is 27.6 Å². The first-order chi connectivity index (χ1) is 14.0. The van der Waals surface area contributed by atoms with Gasteiger partial charge in [0, 0.05) is 11.1 Å². The summed E-state index contributed by atoms with van der Waals surface area (Å²) in [6, 6.07) is 11.6. The molecule has 7 nitrogen and oxygen atoms in total. The lowest BCUT2D eigenvalue weighted by Gasteiger charge is -2.40. The number of nitrogens with zero attached hydrogens (tertiary/aromatic N) is 2. The molecule has 8 heteroatoms. The number of hydrogen-bond donors (Lipinski definition) is 3. The van der Waals surface area contributed by atoms with Crippen molar-refractivity contribution in [2.75, 3.05) is 18.2 Å². The summed E-state index contributed by atoms with van der Waals surface area (Å²) >= 11 is 1.23. The topological polar surface area (TPSA) is 124 Å². The van der Waals surface area contributed by atoms with Gasteiger partial charge in [0.2, 0.25) is 5.91 Å². The first kappa shape index (κ1) is 20.6. The van der Waals surface area contributed by atoms with Crippen LogP contribution in [0.3, 0.4) is 0 Å². The van der Waals surface area contributed by atoms with E-state index < -0.39 is 5.41 Å². The normalized spacial score (nSPS) is 17.9. The number of nitrogens with two attached hydrogens (primary N) is 1. The summed E-state index contributed by atoms with van der Waals surface area (Å²) in [6.07, 6.45) is 4.42. The number of amides is 1. The minimum atomic E-state index is -0.633. The number of carbonyl (C=O) groups excluding carboxylic acids is 1. The molecule has 0 atom stereocenters. The number of hydrogen-bond acceptors (Lipinski definition) is 7. The number of dihydropyridines is 1. The van der Waals surface area contributed by atoms with E-state index in [4.69, 9.17) is 10.5 Å². The van der Waals surface area contributed by atoms with Crippen LogP contribution < -0.4 is 21.1 Å². The third-order valence-corrected chi connectivity index (χ3v) is 6.36. The molecule has 1 heterocycles. The van der Waals surface area contributed by atoms with Gasteiger partial charge in [-0.25, -0.2) is 0 Å². The van der Waals surface area contributed by atoms with Gasteiger partial charge in [-0.3, -0.25) is 4.79 Å². The second-order valence-electron chi connectivity index (χ2n) is 7.05. The number of thioether (sulfide) groups is 1. The maximum atomic E-state index is 12.4. The fourth-order valence-electron chi connectivity index (χ4n) is 3.95. The van der Waals surface area contributed by atoms with Gasteiger partial charge < -0.3 is 21.1 Å². The molecule has 1 amide bonds. The Bertz CT molecular complexity index is 931. The maximum absolute atomic E-state index is 12.4. The van der Waals surface area contributed by atoms with Crippen molar-refractivity contribution in [3.8, 4) is 17.9 Å². The zero-order valence-electron chi connectivity index (χ0n) is 16.2. The molecule has 1 aliphatic carbocycles. The van der Waals surface area contributed by atoms with E-state index in [9.17, 15) is 15.3 Å². The van der Waals surface area contributed by atoms with Gasteiger partial charge in [0.25, 0.3) is 0 Å². The molecule has 0 radical (unpaired) electrons. The number of anilines is 1. The van der Waals surface area contributed by atoms with E-state index in [1.165, 1.54) is 11.8 Å². The molecule has 1 aromatic carbocycles. The molecule has 29 heavy (non-hydrogen) atoms. The van der Waals surface area contributed by atoms with Gasteiger partial charge in [0.1, 0.15) is 11.6 Å². The van der Waals surface area contributed by atoms with Crippen molar-refractivity contribution in [3.63, 3.8) is 0 Å². The van der Waals surface area contributed by atoms with Crippen LogP contribution in [0.1, 0.15) is 32.1 Å².